The predicted octanol–water partition coefficient (Wildman–Crippen LogP) is 5.11. The van der Waals surface area contributed by atoms with E-state index < -0.39 is 0 Å². The molecule has 1 heterocycles. The summed E-state index contributed by atoms with van der Waals surface area (Å²) in [6.07, 6.45) is 7.90. The van der Waals surface area contributed by atoms with E-state index in [1.165, 1.54) is 22.3 Å². The first-order chi connectivity index (χ1) is 14.7. The summed E-state index contributed by atoms with van der Waals surface area (Å²) in [5, 5.41) is 0. The summed E-state index contributed by atoms with van der Waals surface area (Å²) in [6, 6.07) is 12.8. The number of fused-ring (bicyclic) bond motifs is 1. The summed E-state index contributed by atoms with van der Waals surface area (Å²) in [5.41, 5.74) is 6.72. The van der Waals surface area contributed by atoms with Crippen LogP contribution < -0.4 is 4.74 Å². The van der Waals surface area contributed by atoms with Crippen LogP contribution in [0.3, 0.4) is 0 Å². The summed E-state index contributed by atoms with van der Waals surface area (Å²) in [5.74, 6) is 1.40. The molecule has 2 aliphatic rings. The topological polar surface area (TPSA) is 29.5 Å². The van der Waals surface area contributed by atoms with E-state index in [4.69, 9.17) is 4.74 Å². The van der Waals surface area contributed by atoms with Gasteiger partial charge in [-0.1, -0.05) is 36.4 Å². The fourth-order valence-electron chi connectivity index (χ4n) is 4.81. The van der Waals surface area contributed by atoms with Crippen molar-refractivity contribution >= 4 is 11.9 Å². The highest BCUT2D eigenvalue weighted by Crippen LogP contribution is 2.37. The van der Waals surface area contributed by atoms with E-state index in [1.807, 2.05) is 6.07 Å². The van der Waals surface area contributed by atoms with Gasteiger partial charge in [-0.05, 0) is 66.4 Å². The molecule has 3 nitrogen and oxygen atoms in total. The number of likely N-dealkylation sites (tertiary alicyclic amines) is 1. The van der Waals surface area contributed by atoms with Gasteiger partial charge in [0.05, 0.1) is 19.3 Å². The van der Waals surface area contributed by atoms with Crippen LogP contribution in [-0.2, 0) is 12.8 Å². The largest absolute Gasteiger partial charge is 0.496 e. The van der Waals surface area contributed by atoms with Gasteiger partial charge in [-0.3, -0.25) is 9.18 Å². The van der Waals surface area contributed by atoms with E-state index in [1.54, 1.807) is 7.11 Å². The molecule has 0 spiro atoms. The zero-order chi connectivity index (χ0) is 20.9. The van der Waals surface area contributed by atoms with Gasteiger partial charge in [0.1, 0.15) is 5.75 Å². The lowest BCUT2D eigenvalue weighted by atomic mass is 9.89. The minimum Gasteiger partial charge on any atom is -0.496 e. The molecule has 0 aromatic heterocycles. The quantitative estimate of drug-likeness (QED) is 0.570. The van der Waals surface area contributed by atoms with Crippen LogP contribution in [0.15, 0.2) is 42.5 Å². The van der Waals surface area contributed by atoms with Gasteiger partial charge in [0.15, 0.2) is 6.29 Å². The van der Waals surface area contributed by atoms with Crippen molar-refractivity contribution in [1.82, 2.24) is 4.90 Å². The second-order valence-electron chi connectivity index (χ2n) is 8.41. The standard InChI is InChI=1S/C26H30FNO2/c1-30-26-22(18-29)11-12-24-23(5-2-3-6-25(24)26)21-9-7-19(8-10-21)15-20-16-28(17-20)14-4-13-27/h5,7-12,18,20H,2-4,6,13-17H2,1H3. The maximum Gasteiger partial charge on any atom is 0.153 e. The molecule has 0 saturated carbocycles. The zero-order valence-electron chi connectivity index (χ0n) is 17.7. The molecule has 0 bridgehead atoms. The number of halogens is 1. The van der Waals surface area contributed by atoms with E-state index in [2.05, 4.69) is 41.3 Å². The van der Waals surface area contributed by atoms with Crippen molar-refractivity contribution < 1.29 is 13.9 Å². The van der Waals surface area contributed by atoms with Crippen LogP contribution in [0.25, 0.3) is 5.57 Å². The molecule has 0 radical (unpaired) electrons. The molecule has 1 fully saturated rings. The fraction of sp³-hybridized carbons (Fsp3) is 0.423. The number of hydrogen-bond acceptors (Lipinski definition) is 3. The Hall–Kier alpha value is -2.46. The average molecular weight is 408 g/mol. The number of hydrogen-bond donors (Lipinski definition) is 0. The highest BCUT2D eigenvalue weighted by Gasteiger charge is 2.26. The first-order valence-corrected chi connectivity index (χ1v) is 11.0. The molecule has 0 unspecified atom stereocenters. The van der Waals surface area contributed by atoms with Gasteiger partial charge in [-0.2, -0.15) is 0 Å². The monoisotopic (exact) mass is 407 g/mol. The van der Waals surface area contributed by atoms with Gasteiger partial charge in [0.25, 0.3) is 0 Å². The SMILES string of the molecule is COc1c(C=O)ccc2c1CCCC=C2c1ccc(CC2CN(CCCF)C2)cc1. The van der Waals surface area contributed by atoms with E-state index in [-0.39, 0.29) is 6.67 Å². The maximum atomic E-state index is 12.3. The highest BCUT2D eigenvalue weighted by atomic mass is 19.1. The molecule has 2 aromatic rings. The maximum absolute atomic E-state index is 12.3. The molecule has 2 aromatic carbocycles. The minimum atomic E-state index is -0.218. The van der Waals surface area contributed by atoms with Crippen LogP contribution >= 0.6 is 0 Å². The smallest absolute Gasteiger partial charge is 0.153 e. The summed E-state index contributed by atoms with van der Waals surface area (Å²) in [7, 11) is 1.64. The van der Waals surface area contributed by atoms with Crippen LogP contribution in [0.4, 0.5) is 4.39 Å². The van der Waals surface area contributed by atoms with Gasteiger partial charge < -0.3 is 9.64 Å². The molecule has 1 aliphatic heterocycles. The minimum absolute atomic E-state index is 0.218. The van der Waals surface area contributed by atoms with Crippen molar-refractivity contribution in [2.45, 2.75) is 32.1 Å². The number of aldehydes is 1. The van der Waals surface area contributed by atoms with Gasteiger partial charge in [-0.25, -0.2) is 0 Å². The Morgan fingerprint density at radius 1 is 1.17 bits per heavy atom. The molecule has 0 N–H and O–H groups in total. The average Bonchev–Trinajstić information content (AvgIpc) is 2.97. The Labute approximate surface area is 178 Å². The Morgan fingerprint density at radius 2 is 1.97 bits per heavy atom. The van der Waals surface area contributed by atoms with E-state index in [0.717, 1.165) is 57.2 Å². The molecular weight excluding hydrogens is 377 g/mol. The zero-order valence-corrected chi connectivity index (χ0v) is 17.7. The van der Waals surface area contributed by atoms with Crippen molar-refractivity contribution in [2.75, 3.05) is 33.4 Å². The number of carbonyl (C=O) groups excluding carboxylic acids is 1. The summed E-state index contributed by atoms with van der Waals surface area (Å²) < 4.78 is 17.9. The lowest BCUT2D eigenvalue weighted by molar-refractivity contribution is 0.0968. The number of allylic oxidation sites excluding steroid dienone is 1. The summed E-state index contributed by atoms with van der Waals surface area (Å²) >= 11 is 0. The van der Waals surface area contributed by atoms with E-state index >= 15 is 0 Å². The Balaban J connectivity index is 1.50. The third-order valence-corrected chi connectivity index (χ3v) is 6.32. The second kappa shape index (κ2) is 9.57. The normalized spacial score (nSPS) is 16.9. The summed E-state index contributed by atoms with van der Waals surface area (Å²) in [6.45, 7) is 2.83. The third-order valence-electron chi connectivity index (χ3n) is 6.32. The molecule has 4 rings (SSSR count). The lowest BCUT2D eigenvalue weighted by Crippen LogP contribution is -2.47. The molecule has 0 atom stereocenters. The van der Waals surface area contributed by atoms with E-state index in [9.17, 15) is 9.18 Å². The Bertz CT molecular complexity index is 913. The van der Waals surface area contributed by atoms with Crippen molar-refractivity contribution in [1.29, 1.82) is 0 Å². The molecule has 30 heavy (non-hydrogen) atoms. The molecule has 158 valence electrons. The molecule has 0 amide bonds. The first kappa shape index (κ1) is 20.8. The number of rotatable bonds is 8. The molecular formula is C26H30FNO2. The number of ether oxygens (including phenoxy) is 1. The third kappa shape index (κ3) is 4.34. The number of methoxy groups -OCH3 is 1. The first-order valence-electron chi connectivity index (χ1n) is 11.0. The van der Waals surface area contributed by atoms with Crippen molar-refractivity contribution in [2.24, 2.45) is 5.92 Å². The fourth-order valence-corrected chi connectivity index (χ4v) is 4.81. The number of nitrogens with zero attached hydrogens (tertiary/aromatic N) is 1. The van der Waals surface area contributed by atoms with Crippen LogP contribution in [0.1, 0.15) is 51.9 Å². The lowest BCUT2D eigenvalue weighted by Gasteiger charge is -2.39. The van der Waals surface area contributed by atoms with E-state index in [0.29, 0.717) is 23.7 Å². The van der Waals surface area contributed by atoms with Gasteiger partial charge >= 0.3 is 0 Å². The van der Waals surface area contributed by atoms with Crippen molar-refractivity contribution in [3.05, 3.63) is 70.3 Å². The molecule has 1 saturated heterocycles. The van der Waals surface area contributed by atoms with Crippen LogP contribution in [0.5, 0.6) is 5.75 Å². The number of alkyl halides is 1. The van der Waals surface area contributed by atoms with Crippen LogP contribution in [-0.4, -0.2) is 44.6 Å². The second-order valence-corrected chi connectivity index (χ2v) is 8.41. The molecule has 4 heteroatoms. The van der Waals surface area contributed by atoms with Gasteiger partial charge in [-0.15, -0.1) is 0 Å². The highest BCUT2D eigenvalue weighted by molar-refractivity contribution is 5.87. The molecule has 1 aliphatic carbocycles. The number of carbonyl (C=O) groups is 1. The van der Waals surface area contributed by atoms with Gasteiger partial charge in [0, 0.05) is 25.2 Å². The predicted molar refractivity (Wildman–Crippen MR) is 119 cm³/mol. The van der Waals surface area contributed by atoms with Crippen LogP contribution in [0, 0.1) is 5.92 Å². The van der Waals surface area contributed by atoms with Gasteiger partial charge in [0.2, 0.25) is 0 Å². The summed E-state index contributed by atoms with van der Waals surface area (Å²) in [4.78, 5) is 13.8. The van der Waals surface area contributed by atoms with Crippen LogP contribution in [0.2, 0.25) is 0 Å². The Morgan fingerprint density at radius 3 is 2.67 bits per heavy atom. The number of benzene rings is 2. The van der Waals surface area contributed by atoms with Crippen molar-refractivity contribution in [3.63, 3.8) is 0 Å². The van der Waals surface area contributed by atoms with Crippen molar-refractivity contribution in [3.8, 4) is 5.75 Å². The Kier molecular flexibility index (Phi) is 6.63.